The Hall–Kier alpha value is -2.48. The molecule has 0 saturated carbocycles. The minimum absolute atomic E-state index is 0.0877. The van der Waals surface area contributed by atoms with Crippen LogP contribution in [0.15, 0.2) is 23.7 Å². The van der Waals surface area contributed by atoms with Crippen LogP contribution in [0.4, 0.5) is 5.69 Å². The van der Waals surface area contributed by atoms with Crippen LogP contribution in [0.5, 0.6) is 11.6 Å². The third-order valence-electron chi connectivity index (χ3n) is 2.17. The maximum Gasteiger partial charge on any atom is 0.346 e. The van der Waals surface area contributed by atoms with E-state index in [2.05, 4.69) is 4.98 Å². The Kier molecular flexibility index (Phi) is 3.43. The average molecular weight is 280 g/mol. The van der Waals surface area contributed by atoms with E-state index >= 15 is 0 Å². The Bertz CT molecular complexity index is 652. The number of nitro groups is 1. The lowest BCUT2D eigenvalue weighted by molar-refractivity contribution is -0.386. The number of hydrogen-bond donors (Lipinski definition) is 1. The molecule has 0 aliphatic heterocycles. The van der Waals surface area contributed by atoms with Crippen molar-refractivity contribution in [2.24, 2.45) is 0 Å². The second kappa shape index (κ2) is 5.02. The molecule has 0 aliphatic rings. The second-order valence-corrected chi connectivity index (χ2v) is 4.56. The van der Waals surface area contributed by atoms with Gasteiger partial charge in [-0.2, -0.15) is 0 Å². The van der Waals surface area contributed by atoms with Crippen LogP contribution in [-0.2, 0) is 0 Å². The maximum atomic E-state index is 10.9. The van der Waals surface area contributed by atoms with E-state index in [0.717, 1.165) is 11.3 Å². The zero-order valence-corrected chi connectivity index (χ0v) is 10.5. The molecule has 2 heterocycles. The minimum atomic E-state index is -1.08. The number of aromatic nitrogens is 1. The predicted molar refractivity (Wildman–Crippen MR) is 67.0 cm³/mol. The molecule has 7 nitrogen and oxygen atoms in total. The summed E-state index contributed by atoms with van der Waals surface area (Å²) in [7, 11) is 0. The molecule has 2 aromatic rings. The van der Waals surface area contributed by atoms with Crippen LogP contribution >= 0.6 is 11.3 Å². The van der Waals surface area contributed by atoms with Crippen LogP contribution in [0.25, 0.3) is 0 Å². The summed E-state index contributed by atoms with van der Waals surface area (Å²) in [5.74, 6) is -1.03. The van der Waals surface area contributed by atoms with Gasteiger partial charge in [0.05, 0.1) is 4.92 Å². The van der Waals surface area contributed by atoms with Gasteiger partial charge in [0, 0.05) is 23.7 Å². The fraction of sp³-hybridized carbons (Fsp3) is 0.0909. The van der Waals surface area contributed by atoms with E-state index in [4.69, 9.17) is 9.84 Å². The van der Waals surface area contributed by atoms with E-state index in [1.807, 2.05) is 0 Å². The monoisotopic (exact) mass is 280 g/mol. The topological polar surface area (TPSA) is 103 Å². The van der Waals surface area contributed by atoms with Gasteiger partial charge in [0.1, 0.15) is 10.6 Å². The number of nitrogens with zero attached hydrogens (tertiary/aromatic N) is 2. The third kappa shape index (κ3) is 2.86. The summed E-state index contributed by atoms with van der Waals surface area (Å²) in [4.78, 5) is 24.9. The van der Waals surface area contributed by atoms with Crippen molar-refractivity contribution in [1.82, 2.24) is 4.98 Å². The van der Waals surface area contributed by atoms with Gasteiger partial charge in [-0.15, -0.1) is 11.3 Å². The number of pyridine rings is 1. The smallest absolute Gasteiger partial charge is 0.346 e. The van der Waals surface area contributed by atoms with Gasteiger partial charge in [0.25, 0.3) is 5.88 Å². The Morgan fingerprint density at radius 2 is 2.26 bits per heavy atom. The summed E-state index contributed by atoms with van der Waals surface area (Å²) in [5, 5.41) is 21.1. The van der Waals surface area contributed by atoms with Crippen molar-refractivity contribution in [3.63, 3.8) is 0 Å². The second-order valence-electron chi connectivity index (χ2n) is 3.65. The van der Waals surface area contributed by atoms with E-state index < -0.39 is 10.9 Å². The lowest BCUT2D eigenvalue weighted by Crippen LogP contribution is -1.96. The molecule has 8 heteroatoms. The highest BCUT2D eigenvalue weighted by molar-refractivity contribution is 7.12. The van der Waals surface area contributed by atoms with Crippen LogP contribution in [0.2, 0.25) is 0 Å². The third-order valence-corrected chi connectivity index (χ3v) is 3.06. The fourth-order valence-corrected chi connectivity index (χ4v) is 1.99. The van der Waals surface area contributed by atoms with Crippen LogP contribution in [0.3, 0.4) is 0 Å². The number of carboxylic acids is 1. The molecular formula is C11H8N2O5S. The van der Waals surface area contributed by atoms with Gasteiger partial charge >= 0.3 is 11.7 Å². The summed E-state index contributed by atoms with van der Waals surface area (Å²) in [6, 6.07) is 2.63. The molecule has 0 unspecified atom stereocenters. The summed E-state index contributed by atoms with van der Waals surface area (Å²) in [6.07, 6.45) is 1.44. The normalized spacial score (nSPS) is 10.2. The molecule has 98 valence electrons. The maximum absolute atomic E-state index is 10.9. The number of ether oxygens (including phenoxy) is 1. The first kappa shape index (κ1) is 13.0. The van der Waals surface area contributed by atoms with E-state index in [9.17, 15) is 14.9 Å². The highest BCUT2D eigenvalue weighted by Gasteiger charge is 2.19. The summed E-state index contributed by atoms with van der Waals surface area (Å²) < 4.78 is 5.25. The van der Waals surface area contributed by atoms with Crippen molar-refractivity contribution in [2.75, 3.05) is 0 Å². The molecule has 19 heavy (non-hydrogen) atoms. The van der Waals surface area contributed by atoms with Gasteiger partial charge in [0.2, 0.25) is 0 Å². The molecule has 0 saturated heterocycles. The molecule has 0 spiro atoms. The van der Waals surface area contributed by atoms with Gasteiger partial charge in [-0.05, 0) is 12.5 Å². The number of carboxylic acid groups (broad SMARTS) is 1. The highest BCUT2D eigenvalue weighted by Crippen LogP contribution is 2.31. The quantitative estimate of drug-likeness (QED) is 0.682. The first-order valence-corrected chi connectivity index (χ1v) is 5.96. The molecule has 0 radical (unpaired) electrons. The van der Waals surface area contributed by atoms with E-state index in [1.54, 1.807) is 6.92 Å². The molecule has 0 atom stereocenters. The molecule has 0 bridgehead atoms. The molecule has 1 N–H and O–H groups in total. The van der Waals surface area contributed by atoms with Gasteiger partial charge in [-0.3, -0.25) is 10.1 Å². The van der Waals surface area contributed by atoms with Crippen LogP contribution in [-0.4, -0.2) is 21.0 Å². The minimum Gasteiger partial charge on any atom is -0.477 e. The van der Waals surface area contributed by atoms with E-state index in [1.165, 1.54) is 23.7 Å². The number of carbonyl (C=O) groups is 1. The number of aryl methyl sites for hydroxylation is 1. The summed E-state index contributed by atoms with van der Waals surface area (Å²) in [5.41, 5.74) is 0.374. The van der Waals surface area contributed by atoms with Crippen LogP contribution < -0.4 is 4.74 Å². The number of rotatable bonds is 4. The lowest BCUT2D eigenvalue weighted by Gasteiger charge is -2.03. The van der Waals surface area contributed by atoms with Crippen molar-refractivity contribution in [1.29, 1.82) is 0 Å². The summed E-state index contributed by atoms with van der Waals surface area (Å²) in [6.45, 7) is 1.68. The van der Waals surface area contributed by atoms with Crippen molar-refractivity contribution in [2.45, 2.75) is 6.92 Å². The molecule has 0 aliphatic carbocycles. The summed E-state index contributed by atoms with van der Waals surface area (Å²) >= 11 is 0.972. The molecule has 2 aromatic heterocycles. The predicted octanol–water partition coefficient (Wildman–Crippen LogP) is 2.85. The lowest BCUT2D eigenvalue weighted by atomic mass is 10.3. The average Bonchev–Trinajstić information content (AvgIpc) is 2.80. The zero-order valence-electron chi connectivity index (χ0n) is 9.69. The van der Waals surface area contributed by atoms with Crippen molar-refractivity contribution in [3.05, 3.63) is 44.3 Å². The first-order chi connectivity index (χ1) is 8.97. The molecule has 2 rings (SSSR count). The number of aromatic carboxylic acids is 1. The largest absolute Gasteiger partial charge is 0.477 e. The number of hydrogen-bond acceptors (Lipinski definition) is 6. The van der Waals surface area contributed by atoms with Crippen LogP contribution in [0, 0.1) is 17.0 Å². The van der Waals surface area contributed by atoms with Crippen molar-refractivity contribution in [3.8, 4) is 11.6 Å². The fourth-order valence-electron chi connectivity index (χ4n) is 1.35. The molecule has 0 fully saturated rings. The van der Waals surface area contributed by atoms with E-state index in [0.29, 0.717) is 5.56 Å². The Labute approximate surface area is 111 Å². The SMILES string of the molecule is Cc1cnc(Oc2csc(C(=O)O)c2)c([N+](=O)[O-])c1. The highest BCUT2D eigenvalue weighted by atomic mass is 32.1. The van der Waals surface area contributed by atoms with Gasteiger partial charge in [-0.1, -0.05) is 0 Å². The molecular weight excluding hydrogens is 272 g/mol. The van der Waals surface area contributed by atoms with E-state index in [-0.39, 0.29) is 22.2 Å². The Balaban J connectivity index is 2.32. The van der Waals surface area contributed by atoms with Crippen molar-refractivity contribution < 1.29 is 19.6 Å². The first-order valence-electron chi connectivity index (χ1n) is 5.08. The molecule has 0 aromatic carbocycles. The number of thiophene rings is 1. The zero-order chi connectivity index (χ0) is 14.0. The van der Waals surface area contributed by atoms with Crippen molar-refractivity contribution >= 4 is 23.0 Å². The Morgan fingerprint density at radius 1 is 1.53 bits per heavy atom. The van der Waals surface area contributed by atoms with Gasteiger partial charge in [-0.25, -0.2) is 9.78 Å². The van der Waals surface area contributed by atoms with Crippen LogP contribution in [0.1, 0.15) is 15.2 Å². The molecule has 0 amide bonds. The Morgan fingerprint density at radius 3 is 2.84 bits per heavy atom. The standard InChI is InChI=1S/C11H8N2O5S/c1-6-2-8(13(16)17)10(12-4-6)18-7-3-9(11(14)15)19-5-7/h2-5H,1H3,(H,14,15). The van der Waals surface area contributed by atoms with Gasteiger partial charge in [0.15, 0.2) is 0 Å². The van der Waals surface area contributed by atoms with Gasteiger partial charge < -0.3 is 9.84 Å².